The molecule has 0 spiro atoms. The minimum atomic E-state index is 0.540. The van der Waals surface area contributed by atoms with E-state index in [2.05, 4.69) is 52.6 Å². The van der Waals surface area contributed by atoms with Crippen LogP contribution in [0.15, 0.2) is 60.1 Å². The zero-order chi connectivity index (χ0) is 18.9. The molecule has 1 aromatic carbocycles. The summed E-state index contributed by atoms with van der Waals surface area (Å²) < 4.78 is 0. The van der Waals surface area contributed by atoms with Gasteiger partial charge in [-0.2, -0.15) is 0 Å². The van der Waals surface area contributed by atoms with E-state index in [1.807, 2.05) is 18.2 Å². The molecule has 0 radical (unpaired) electrons. The number of aromatic nitrogens is 3. The summed E-state index contributed by atoms with van der Waals surface area (Å²) >= 11 is 1.69. The van der Waals surface area contributed by atoms with Crippen LogP contribution in [0, 0.1) is 0 Å². The van der Waals surface area contributed by atoms with E-state index in [0.717, 1.165) is 21.7 Å². The van der Waals surface area contributed by atoms with Gasteiger partial charge < -0.3 is 4.90 Å². The molecule has 0 bridgehead atoms. The van der Waals surface area contributed by atoms with Gasteiger partial charge in [0.05, 0.1) is 5.39 Å². The van der Waals surface area contributed by atoms with Gasteiger partial charge in [0.2, 0.25) is 0 Å². The molecule has 1 aliphatic rings. The number of thiophene rings is 1. The third kappa shape index (κ3) is 3.06. The maximum Gasteiger partial charge on any atom is 0.181 e. The number of fused-ring (bicyclic) bond motifs is 1. The number of hydrogen-bond donors (Lipinski definition) is 0. The SMILES string of the molecule is CN(c1nc(-c2ccccn2)nc2scc(-c3ccccc3)c12)C1CCCC1. The van der Waals surface area contributed by atoms with Crippen LogP contribution in [-0.4, -0.2) is 28.0 Å². The first-order valence-corrected chi connectivity index (χ1v) is 10.7. The first kappa shape index (κ1) is 17.3. The zero-order valence-corrected chi connectivity index (χ0v) is 16.7. The summed E-state index contributed by atoms with van der Waals surface area (Å²) in [6.07, 6.45) is 6.85. The fourth-order valence-corrected chi connectivity index (χ4v) is 5.02. The molecule has 0 aliphatic heterocycles. The Hall–Kier alpha value is -2.79. The van der Waals surface area contributed by atoms with Crippen LogP contribution >= 0.6 is 11.3 Å². The van der Waals surface area contributed by atoms with Crippen molar-refractivity contribution < 1.29 is 0 Å². The summed E-state index contributed by atoms with van der Waals surface area (Å²) in [5, 5.41) is 3.37. The molecule has 4 nitrogen and oxygen atoms in total. The second-order valence-electron chi connectivity index (χ2n) is 7.33. The van der Waals surface area contributed by atoms with Crippen molar-refractivity contribution >= 4 is 27.4 Å². The molecule has 0 unspecified atom stereocenters. The maximum absolute atomic E-state index is 5.03. The van der Waals surface area contributed by atoms with E-state index >= 15 is 0 Å². The van der Waals surface area contributed by atoms with E-state index < -0.39 is 0 Å². The van der Waals surface area contributed by atoms with Gasteiger partial charge >= 0.3 is 0 Å². The molecule has 1 fully saturated rings. The second-order valence-corrected chi connectivity index (χ2v) is 8.19. The van der Waals surface area contributed by atoms with E-state index in [9.17, 15) is 0 Å². The van der Waals surface area contributed by atoms with Gasteiger partial charge in [-0.1, -0.05) is 49.2 Å². The third-order valence-corrected chi connectivity index (χ3v) is 6.47. The van der Waals surface area contributed by atoms with Gasteiger partial charge in [-0.3, -0.25) is 4.98 Å². The largest absolute Gasteiger partial charge is 0.356 e. The van der Waals surface area contributed by atoms with Crippen molar-refractivity contribution in [2.24, 2.45) is 0 Å². The van der Waals surface area contributed by atoms with Gasteiger partial charge in [-0.15, -0.1) is 11.3 Å². The quantitative estimate of drug-likeness (QED) is 0.444. The monoisotopic (exact) mass is 386 g/mol. The van der Waals surface area contributed by atoms with Gasteiger partial charge in [0.25, 0.3) is 0 Å². The number of pyridine rings is 1. The molecule has 28 heavy (non-hydrogen) atoms. The summed E-state index contributed by atoms with van der Waals surface area (Å²) in [4.78, 5) is 17.8. The fraction of sp³-hybridized carbons (Fsp3) is 0.261. The van der Waals surface area contributed by atoms with Crippen LogP contribution in [0.2, 0.25) is 0 Å². The smallest absolute Gasteiger partial charge is 0.181 e. The summed E-state index contributed by atoms with van der Waals surface area (Å²) in [6.45, 7) is 0. The average molecular weight is 387 g/mol. The highest BCUT2D eigenvalue weighted by Gasteiger charge is 2.25. The number of nitrogens with zero attached hydrogens (tertiary/aromatic N) is 4. The summed E-state index contributed by atoms with van der Waals surface area (Å²) in [7, 11) is 2.19. The Bertz CT molecular complexity index is 1090. The van der Waals surface area contributed by atoms with Gasteiger partial charge in [0.1, 0.15) is 16.3 Å². The third-order valence-electron chi connectivity index (χ3n) is 5.60. The molecule has 3 aromatic heterocycles. The number of rotatable bonds is 4. The standard InChI is InChI=1S/C23H22N4S/c1-27(17-11-5-6-12-17)22-20-18(16-9-3-2-4-10-16)15-28-23(20)26-21(25-22)19-13-7-8-14-24-19/h2-4,7-10,13-15,17H,5-6,11-12H2,1H3. The van der Waals surface area contributed by atoms with E-state index in [1.54, 1.807) is 17.5 Å². The topological polar surface area (TPSA) is 41.9 Å². The molecule has 3 heterocycles. The summed E-state index contributed by atoms with van der Waals surface area (Å²) in [6, 6.07) is 17.0. The van der Waals surface area contributed by atoms with Gasteiger partial charge in [0.15, 0.2) is 5.82 Å². The molecule has 1 saturated carbocycles. The number of hydrogen-bond acceptors (Lipinski definition) is 5. The van der Waals surface area contributed by atoms with Crippen molar-refractivity contribution in [1.29, 1.82) is 0 Å². The molecule has 5 rings (SSSR count). The van der Waals surface area contributed by atoms with Crippen LogP contribution < -0.4 is 4.90 Å². The zero-order valence-electron chi connectivity index (χ0n) is 15.9. The minimum Gasteiger partial charge on any atom is -0.356 e. The summed E-state index contributed by atoms with van der Waals surface area (Å²) in [5.74, 6) is 1.73. The number of anilines is 1. The Labute approximate surface area is 168 Å². The predicted molar refractivity (Wildman–Crippen MR) is 117 cm³/mol. The van der Waals surface area contributed by atoms with Crippen LogP contribution in [-0.2, 0) is 0 Å². The van der Waals surface area contributed by atoms with Crippen LogP contribution in [0.25, 0.3) is 32.9 Å². The Morgan fingerprint density at radius 3 is 2.50 bits per heavy atom. The molecule has 0 saturated heterocycles. The fourth-order valence-electron chi connectivity index (χ4n) is 4.08. The van der Waals surface area contributed by atoms with Crippen LogP contribution in [0.4, 0.5) is 5.82 Å². The Balaban J connectivity index is 1.73. The molecular formula is C23H22N4S. The van der Waals surface area contributed by atoms with Crippen molar-refractivity contribution in [3.8, 4) is 22.6 Å². The Morgan fingerprint density at radius 2 is 1.75 bits per heavy atom. The molecule has 0 amide bonds. The molecular weight excluding hydrogens is 364 g/mol. The highest BCUT2D eigenvalue weighted by Crippen LogP contribution is 2.40. The van der Waals surface area contributed by atoms with Gasteiger partial charge in [0, 0.05) is 30.2 Å². The van der Waals surface area contributed by atoms with Gasteiger partial charge in [-0.05, 0) is 30.5 Å². The maximum atomic E-state index is 5.03. The Kier molecular flexibility index (Phi) is 4.53. The van der Waals surface area contributed by atoms with Gasteiger partial charge in [-0.25, -0.2) is 9.97 Å². The first-order valence-electron chi connectivity index (χ1n) is 9.80. The average Bonchev–Trinajstić information content (AvgIpc) is 3.44. The van der Waals surface area contributed by atoms with Crippen molar-refractivity contribution in [3.63, 3.8) is 0 Å². The lowest BCUT2D eigenvalue weighted by molar-refractivity contribution is 0.648. The molecule has 0 N–H and O–H groups in total. The predicted octanol–water partition coefficient (Wildman–Crippen LogP) is 5.80. The van der Waals surface area contributed by atoms with Crippen LogP contribution in [0.3, 0.4) is 0 Å². The lowest BCUT2D eigenvalue weighted by Crippen LogP contribution is -2.30. The molecule has 0 atom stereocenters. The van der Waals surface area contributed by atoms with E-state index in [0.29, 0.717) is 11.9 Å². The molecule has 140 valence electrons. The molecule has 5 heteroatoms. The van der Waals surface area contributed by atoms with E-state index in [1.165, 1.54) is 36.8 Å². The molecule has 1 aliphatic carbocycles. The lowest BCUT2D eigenvalue weighted by atomic mass is 10.1. The van der Waals surface area contributed by atoms with Crippen molar-refractivity contribution in [1.82, 2.24) is 15.0 Å². The van der Waals surface area contributed by atoms with Crippen molar-refractivity contribution in [3.05, 3.63) is 60.1 Å². The molecule has 4 aromatic rings. The van der Waals surface area contributed by atoms with Crippen molar-refractivity contribution in [2.45, 2.75) is 31.7 Å². The van der Waals surface area contributed by atoms with E-state index in [-0.39, 0.29) is 0 Å². The highest BCUT2D eigenvalue weighted by atomic mass is 32.1. The minimum absolute atomic E-state index is 0.540. The first-order chi connectivity index (χ1) is 13.8. The summed E-state index contributed by atoms with van der Waals surface area (Å²) in [5.41, 5.74) is 3.25. The van der Waals surface area contributed by atoms with Crippen LogP contribution in [0.5, 0.6) is 0 Å². The van der Waals surface area contributed by atoms with E-state index in [4.69, 9.17) is 9.97 Å². The highest BCUT2D eigenvalue weighted by molar-refractivity contribution is 7.17. The van der Waals surface area contributed by atoms with Crippen molar-refractivity contribution in [2.75, 3.05) is 11.9 Å². The second kappa shape index (κ2) is 7.32. The lowest BCUT2D eigenvalue weighted by Gasteiger charge is -2.26. The normalized spacial score (nSPS) is 14.6. The Morgan fingerprint density at radius 1 is 0.964 bits per heavy atom. The number of benzene rings is 1. The van der Waals surface area contributed by atoms with Crippen LogP contribution in [0.1, 0.15) is 25.7 Å².